The van der Waals surface area contributed by atoms with E-state index in [4.69, 9.17) is 10.0 Å². The number of halogens is 2. The number of amides is 1. The summed E-state index contributed by atoms with van der Waals surface area (Å²) in [5.74, 6) is -2.80. The minimum atomic E-state index is -2.11. The zero-order chi connectivity index (χ0) is 12.3. The highest BCUT2D eigenvalue weighted by Gasteiger charge is 2.21. The molecule has 0 aromatic heterocycles. The molecule has 1 amide bonds. The van der Waals surface area contributed by atoms with Crippen LogP contribution in [-0.2, 0) is 0 Å². The summed E-state index contributed by atoms with van der Waals surface area (Å²) in [5.41, 5.74) is -1.07. The molecule has 7 heteroatoms. The average Bonchev–Trinajstić information content (AvgIpc) is 2.20. The molecular weight excluding hydrogens is 219 g/mol. The molecule has 0 aliphatic heterocycles. The van der Waals surface area contributed by atoms with Gasteiger partial charge in [-0.1, -0.05) is 0 Å². The monoisotopic (exact) mass is 229 g/mol. The molecule has 1 aromatic rings. The molecule has 0 unspecified atom stereocenters. The van der Waals surface area contributed by atoms with Crippen molar-refractivity contribution in [3.8, 4) is 0 Å². The number of rotatable bonds is 3. The molecule has 1 rings (SSSR count). The average molecular weight is 229 g/mol. The van der Waals surface area contributed by atoms with Crippen LogP contribution in [0.25, 0.3) is 0 Å². The summed E-state index contributed by atoms with van der Waals surface area (Å²) in [5, 5.41) is 19.7. The third-order valence-corrected chi connectivity index (χ3v) is 1.95. The van der Waals surface area contributed by atoms with Gasteiger partial charge in [0.25, 0.3) is 5.91 Å². The fourth-order valence-electron chi connectivity index (χ4n) is 1.19. The van der Waals surface area contributed by atoms with Crippen LogP contribution in [0.15, 0.2) is 12.1 Å². The van der Waals surface area contributed by atoms with Crippen molar-refractivity contribution in [2.75, 3.05) is 6.54 Å². The van der Waals surface area contributed by atoms with Crippen LogP contribution in [0.1, 0.15) is 17.3 Å². The second-order valence-electron chi connectivity index (χ2n) is 3.09. The minimum absolute atomic E-state index is 0.282. The number of hydrogen-bond donors (Lipinski definition) is 3. The van der Waals surface area contributed by atoms with Gasteiger partial charge in [-0.3, -0.25) is 4.79 Å². The molecule has 1 aromatic carbocycles. The molecule has 0 spiro atoms. The Morgan fingerprint density at radius 1 is 1.38 bits per heavy atom. The van der Waals surface area contributed by atoms with Crippen molar-refractivity contribution < 1.29 is 23.6 Å². The Hall–Kier alpha value is -1.47. The molecule has 0 radical (unpaired) electrons. The van der Waals surface area contributed by atoms with Crippen LogP contribution in [0.2, 0.25) is 0 Å². The van der Waals surface area contributed by atoms with E-state index in [9.17, 15) is 13.6 Å². The Kier molecular flexibility index (Phi) is 3.97. The molecular formula is C9H10BF2NO3. The number of benzene rings is 1. The Morgan fingerprint density at radius 3 is 2.50 bits per heavy atom. The SMILES string of the molecule is CCNC(=O)c1cc(F)c(B(O)O)cc1F. The quantitative estimate of drug-likeness (QED) is 0.606. The Bertz CT molecular complexity index is 412. The van der Waals surface area contributed by atoms with Gasteiger partial charge in [-0.15, -0.1) is 0 Å². The summed E-state index contributed by atoms with van der Waals surface area (Å²) in [7, 11) is -2.11. The maximum Gasteiger partial charge on any atom is 0.491 e. The van der Waals surface area contributed by atoms with Crippen LogP contribution in [0.3, 0.4) is 0 Å². The van der Waals surface area contributed by atoms with Crippen LogP contribution in [-0.4, -0.2) is 29.6 Å². The van der Waals surface area contributed by atoms with Gasteiger partial charge in [-0.05, 0) is 19.1 Å². The third-order valence-electron chi connectivity index (χ3n) is 1.95. The zero-order valence-electron chi connectivity index (χ0n) is 8.50. The Labute approximate surface area is 91.0 Å². The van der Waals surface area contributed by atoms with Gasteiger partial charge in [0.1, 0.15) is 11.6 Å². The summed E-state index contributed by atoms with van der Waals surface area (Å²) in [6.07, 6.45) is 0. The van der Waals surface area contributed by atoms with E-state index in [-0.39, 0.29) is 6.54 Å². The molecule has 0 atom stereocenters. The number of nitrogens with one attached hydrogen (secondary N) is 1. The second-order valence-corrected chi connectivity index (χ2v) is 3.09. The Morgan fingerprint density at radius 2 is 2.00 bits per heavy atom. The lowest BCUT2D eigenvalue weighted by atomic mass is 9.79. The summed E-state index contributed by atoms with van der Waals surface area (Å²) < 4.78 is 26.5. The van der Waals surface area contributed by atoms with Gasteiger partial charge in [0, 0.05) is 12.0 Å². The van der Waals surface area contributed by atoms with Gasteiger partial charge < -0.3 is 15.4 Å². The van der Waals surface area contributed by atoms with E-state index in [2.05, 4.69) is 5.32 Å². The van der Waals surface area contributed by atoms with Gasteiger partial charge >= 0.3 is 7.12 Å². The van der Waals surface area contributed by atoms with Crippen molar-refractivity contribution in [3.05, 3.63) is 29.3 Å². The van der Waals surface area contributed by atoms with Crippen molar-refractivity contribution in [2.24, 2.45) is 0 Å². The largest absolute Gasteiger partial charge is 0.491 e. The van der Waals surface area contributed by atoms with Crippen LogP contribution in [0.5, 0.6) is 0 Å². The molecule has 0 aliphatic rings. The predicted molar refractivity (Wildman–Crippen MR) is 54.2 cm³/mol. The summed E-state index contributed by atoms with van der Waals surface area (Å²) in [4.78, 5) is 11.3. The molecule has 0 aliphatic carbocycles. The third kappa shape index (κ3) is 2.56. The van der Waals surface area contributed by atoms with Gasteiger partial charge in [-0.2, -0.15) is 0 Å². The van der Waals surface area contributed by atoms with Crippen molar-refractivity contribution in [1.29, 1.82) is 0 Å². The highest BCUT2D eigenvalue weighted by atomic mass is 19.1. The molecule has 0 bridgehead atoms. The highest BCUT2D eigenvalue weighted by Crippen LogP contribution is 2.08. The van der Waals surface area contributed by atoms with E-state index in [0.717, 1.165) is 0 Å². The summed E-state index contributed by atoms with van der Waals surface area (Å²) in [6.45, 7) is 1.92. The molecule has 86 valence electrons. The van der Waals surface area contributed by atoms with Crippen molar-refractivity contribution in [2.45, 2.75) is 6.92 Å². The number of hydrogen-bond acceptors (Lipinski definition) is 3. The Balaban J connectivity index is 3.15. The van der Waals surface area contributed by atoms with Crippen molar-refractivity contribution >= 4 is 18.5 Å². The molecule has 0 fully saturated rings. The summed E-state index contributed by atoms with van der Waals surface area (Å²) >= 11 is 0. The molecule has 0 saturated carbocycles. The maximum atomic E-state index is 13.3. The maximum absolute atomic E-state index is 13.3. The first kappa shape index (κ1) is 12.6. The van der Waals surface area contributed by atoms with Gasteiger partial charge in [0.15, 0.2) is 0 Å². The molecule has 3 N–H and O–H groups in total. The number of carbonyl (C=O) groups is 1. The molecule has 0 heterocycles. The van der Waals surface area contributed by atoms with Crippen LogP contribution >= 0.6 is 0 Å². The molecule has 16 heavy (non-hydrogen) atoms. The van der Waals surface area contributed by atoms with Gasteiger partial charge in [0.05, 0.1) is 5.56 Å². The normalized spacial score (nSPS) is 10.1. The van der Waals surface area contributed by atoms with Crippen molar-refractivity contribution in [1.82, 2.24) is 5.32 Å². The van der Waals surface area contributed by atoms with Gasteiger partial charge in [0.2, 0.25) is 0 Å². The lowest BCUT2D eigenvalue weighted by Crippen LogP contribution is -2.34. The van der Waals surface area contributed by atoms with Crippen molar-refractivity contribution in [3.63, 3.8) is 0 Å². The lowest BCUT2D eigenvalue weighted by molar-refractivity contribution is 0.0951. The highest BCUT2D eigenvalue weighted by molar-refractivity contribution is 6.58. The predicted octanol–water partition coefficient (Wildman–Crippen LogP) is -0.606. The zero-order valence-corrected chi connectivity index (χ0v) is 8.50. The van der Waals surface area contributed by atoms with E-state index < -0.39 is 35.7 Å². The minimum Gasteiger partial charge on any atom is -0.423 e. The molecule has 4 nitrogen and oxygen atoms in total. The lowest BCUT2D eigenvalue weighted by Gasteiger charge is -2.07. The van der Waals surface area contributed by atoms with E-state index in [1.54, 1.807) is 6.92 Å². The van der Waals surface area contributed by atoms with Crippen LogP contribution in [0, 0.1) is 11.6 Å². The van der Waals surface area contributed by atoms with E-state index >= 15 is 0 Å². The first-order valence-electron chi connectivity index (χ1n) is 4.60. The topological polar surface area (TPSA) is 69.6 Å². The number of carbonyl (C=O) groups excluding carboxylic acids is 1. The first-order valence-corrected chi connectivity index (χ1v) is 4.60. The van der Waals surface area contributed by atoms with Crippen LogP contribution in [0.4, 0.5) is 8.78 Å². The van der Waals surface area contributed by atoms with E-state index in [1.807, 2.05) is 0 Å². The van der Waals surface area contributed by atoms with E-state index in [0.29, 0.717) is 12.1 Å². The second kappa shape index (κ2) is 5.04. The van der Waals surface area contributed by atoms with E-state index in [1.165, 1.54) is 0 Å². The van der Waals surface area contributed by atoms with Gasteiger partial charge in [-0.25, -0.2) is 8.78 Å². The molecule has 0 saturated heterocycles. The summed E-state index contributed by atoms with van der Waals surface area (Å²) in [6, 6.07) is 1.22. The smallest absolute Gasteiger partial charge is 0.423 e. The first-order chi connectivity index (χ1) is 7.47. The standard InChI is InChI=1S/C9H10BF2NO3/c1-2-13-9(14)5-3-8(12)6(10(15)16)4-7(5)11/h3-4,15-16H,2H2,1H3,(H,13,14). The fraction of sp³-hybridized carbons (Fsp3) is 0.222. The fourth-order valence-corrected chi connectivity index (χ4v) is 1.19. The van der Waals surface area contributed by atoms with Crippen LogP contribution < -0.4 is 10.8 Å².